The fourth-order valence-corrected chi connectivity index (χ4v) is 2.64. The van der Waals surface area contributed by atoms with Crippen LogP contribution in [-0.4, -0.2) is 4.98 Å². The molecule has 0 atom stereocenters. The van der Waals surface area contributed by atoms with Crippen LogP contribution in [0.25, 0.3) is 35.1 Å². The van der Waals surface area contributed by atoms with Gasteiger partial charge in [-0.25, -0.2) is 4.98 Å². The number of hydrogen-bond donors (Lipinski definition) is 0. The first-order valence-electron chi connectivity index (χ1n) is 6.75. The summed E-state index contributed by atoms with van der Waals surface area (Å²) in [6, 6.07) is 19.0. The highest BCUT2D eigenvalue weighted by Gasteiger charge is 2.03. The predicted molar refractivity (Wildman–Crippen MR) is 86.0 cm³/mol. The maximum atomic E-state index is 4.61. The first-order valence-corrected chi connectivity index (χ1v) is 6.75. The molecule has 0 amide bonds. The molecule has 2 aromatic carbocycles. The first-order chi connectivity index (χ1) is 9.90. The summed E-state index contributed by atoms with van der Waals surface area (Å²) in [7, 11) is 0. The summed E-state index contributed by atoms with van der Waals surface area (Å²) >= 11 is 0. The number of benzene rings is 2. The van der Waals surface area contributed by atoms with E-state index in [1.54, 1.807) is 0 Å². The lowest BCUT2D eigenvalue weighted by molar-refractivity contribution is 1.27. The van der Waals surface area contributed by atoms with Crippen molar-refractivity contribution in [3.8, 4) is 0 Å². The fraction of sp³-hybridized carbons (Fsp3) is 0. The van der Waals surface area contributed by atoms with Crippen molar-refractivity contribution in [2.75, 3.05) is 0 Å². The van der Waals surface area contributed by atoms with Gasteiger partial charge in [0.25, 0.3) is 0 Å². The maximum Gasteiger partial charge on any atom is 0.0637 e. The molecular formula is C19H13N. The number of rotatable bonds is 0. The Morgan fingerprint density at radius 3 is 1.60 bits per heavy atom. The van der Waals surface area contributed by atoms with Crippen LogP contribution in [0, 0.1) is 0 Å². The Labute approximate surface area is 117 Å². The van der Waals surface area contributed by atoms with Gasteiger partial charge in [0.05, 0.1) is 11.4 Å². The number of nitrogens with zero attached hydrogens (tertiary/aromatic N) is 1. The lowest BCUT2D eigenvalue weighted by atomic mass is 9.99. The van der Waals surface area contributed by atoms with E-state index in [9.17, 15) is 0 Å². The summed E-state index contributed by atoms with van der Waals surface area (Å²) in [5, 5.41) is 2.56. The molecule has 1 nitrogen and oxygen atoms in total. The van der Waals surface area contributed by atoms with Gasteiger partial charge in [0.15, 0.2) is 0 Å². The van der Waals surface area contributed by atoms with Crippen LogP contribution in [0.15, 0.2) is 54.6 Å². The van der Waals surface area contributed by atoms with E-state index in [0.717, 1.165) is 11.4 Å². The summed E-state index contributed by atoms with van der Waals surface area (Å²) in [6.07, 6.45) is 8.43. The zero-order valence-corrected chi connectivity index (χ0v) is 11.0. The van der Waals surface area contributed by atoms with E-state index in [2.05, 4.69) is 65.7 Å². The fourth-order valence-electron chi connectivity index (χ4n) is 2.64. The van der Waals surface area contributed by atoms with Gasteiger partial charge in [0, 0.05) is 0 Å². The van der Waals surface area contributed by atoms with Gasteiger partial charge in [-0.05, 0) is 46.2 Å². The standard InChI is InChI=1S/C19H13N/c1-2-7-19-15-9-8-14(18(19)6-1)10-12-16-4-3-5-17(20-16)13-11-15/h1-13H/b12-10-,13-11-. The van der Waals surface area contributed by atoms with Crippen molar-refractivity contribution in [1.29, 1.82) is 0 Å². The average molecular weight is 255 g/mol. The van der Waals surface area contributed by atoms with Crippen molar-refractivity contribution in [1.82, 2.24) is 4.98 Å². The van der Waals surface area contributed by atoms with E-state index in [4.69, 9.17) is 0 Å². The smallest absolute Gasteiger partial charge is 0.0637 e. The molecule has 0 aliphatic carbocycles. The van der Waals surface area contributed by atoms with Gasteiger partial charge in [-0.15, -0.1) is 0 Å². The minimum atomic E-state index is 0.987. The molecule has 1 heteroatoms. The number of hydrogen-bond acceptors (Lipinski definition) is 1. The molecule has 0 spiro atoms. The summed E-state index contributed by atoms with van der Waals surface area (Å²) in [6.45, 7) is 0. The van der Waals surface area contributed by atoms with Crippen LogP contribution in [0.3, 0.4) is 0 Å². The van der Waals surface area contributed by atoms with E-state index >= 15 is 0 Å². The van der Waals surface area contributed by atoms with Crippen LogP contribution in [0.4, 0.5) is 0 Å². The van der Waals surface area contributed by atoms with Crippen molar-refractivity contribution in [2.24, 2.45) is 0 Å². The zero-order chi connectivity index (χ0) is 13.4. The molecule has 0 unspecified atom stereocenters. The van der Waals surface area contributed by atoms with Crippen LogP contribution in [0.2, 0.25) is 0 Å². The summed E-state index contributed by atoms with van der Waals surface area (Å²) < 4.78 is 0. The Morgan fingerprint density at radius 2 is 1.05 bits per heavy atom. The lowest BCUT2D eigenvalue weighted by Crippen LogP contribution is -1.83. The number of pyridine rings is 1. The molecule has 2 aliphatic heterocycles. The lowest BCUT2D eigenvalue weighted by Gasteiger charge is -2.05. The van der Waals surface area contributed by atoms with E-state index in [-0.39, 0.29) is 0 Å². The van der Waals surface area contributed by atoms with Crippen molar-refractivity contribution in [3.63, 3.8) is 0 Å². The SMILES string of the molecule is C1=C\c2ccc(c3ccccc23)/C=C\c2cccc/1n2. The van der Waals surface area contributed by atoms with Gasteiger partial charge in [-0.1, -0.05) is 54.6 Å². The minimum Gasteiger partial charge on any atom is -0.249 e. The Bertz CT molecular complexity index is 789. The second-order valence-electron chi connectivity index (χ2n) is 4.94. The third-order valence-corrected chi connectivity index (χ3v) is 3.65. The zero-order valence-electron chi connectivity index (χ0n) is 11.0. The second-order valence-corrected chi connectivity index (χ2v) is 4.94. The molecule has 0 saturated heterocycles. The summed E-state index contributed by atoms with van der Waals surface area (Å²) in [5.41, 5.74) is 4.43. The van der Waals surface area contributed by atoms with Gasteiger partial charge >= 0.3 is 0 Å². The molecule has 0 saturated carbocycles. The quantitative estimate of drug-likeness (QED) is 0.436. The van der Waals surface area contributed by atoms with E-state index in [1.165, 1.54) is 21.9 Å². The van der Waals surface area contributed by atoms with Crippen LogP contribution < -0.4 is 0 Å². The summed E-state index contributed by atoms with van der Waals surface area (Å²) in [4.78, 5) is 4.61. The Morgan fingerprint density at radius 1 is 0.500 bits per heavy atom. The minimum absolute atomic E-state index is 0.987. The van der Waals surface area contributed by atoms with Gasteiger partial charge < -0.3 is 0 Å². The monoisotopic (exact) mass is 255 g/mol. The highest BCUT2D eigenvalue weighted by Crippen LogP contribution is 2.26. The average Bonchev–Trinajstić information content (AvgIpc) is 2.54. The number of fused-ring (bicyclic) bond motifs is 1. The molecule has 0 radical (unpaired) electrons. The van der Waals surface area contributed by atoms with Gasteiger partial charge in [0.2, 0.25) is 0 Å². The van der Waals surface area contributed by atoms with Gasteiger partial charge in [-0.2, -0.15) is 0 Å². The first kappa shape index (κ1) is 11.2. The highest BCUT2D eigenvalue weighted by atomic mass is 14.7. The highest BCUT2D eigenvalue weighted by molar-refractivity contribution is 5.99. The normalized spacial score (nSPS) is 15.8. The van der Waals surface area contributed by atoms with Crippen LogP contribution in [0.5, 0.6) is 0 Å². The molecule has 0 fully saturated rings. The molecule has 3 heterocycles. The van der Waals surface area contributed by atoms with Gasteiger partial charge in [0.1, 0.15) is 0 Å². The molecule has 2 aliphatic rings. The molecular weight excluding hydrogens is 242 g/mol. The molecule has 3 aromatic rings. The molecule has 94 valence electrons. The second kappa shape index (κ2) is 4.46. The largest absolute Gasteiger partial charge is 0.249 e. The number of aromatic nitrogens is 1. The van der Waals surface area contributed by atoms with Crippen LogP contribution in [-0.2, 0) is 0 Å². The van der Waals surface area contributed by atoms with E-state index in [0.29, 0.717) is 0 Å². The molecule has 4 bridgehead atoms. The van der Waals surface area contributed by atoms with Crippen molar-refractivity contribution in [2.45, 2.75) is 0 Å². The van der Waals surface area contributed by atoms with Crippen molar-refractivity contribution in [3.05, 3.63) is 77.1 Å². The third-order valence-electron chi connectivity index (χ3n) is 3.65. The Kier molecular flexibility index (Phi) is 2.49. The third kappa shape index (κ3) is 1.84. The van der Waals surface area contributed by atoms with Gasteiger partial charge in [-0.3, -0.25) is 0 Å². The Hall–Kier alpha value is -2.67. The molecule has 5 rings (SSSR count). The predicted octanol–water partition coefficient (Wildman–Crippen LogP) is 4.89. The topological polar surface area (TPSA) is 12.9 Å². The maximum absolute atomic E-state index is 4.61. The van der Waals surface area contributed by atoms with Crippen LogP contribution >= 0.6 is 0 Å². The van der Waals surface area contributed by atoms with E-state index in [1.807, 2.05) is 18.2 Å². The van der Waals surface area contributed by atoms with Crippen LogP contribution in [0.1, 0.15) is 22.5 Å². The van der Waals surface area contributed by atoms with Crippen molar-refractivity contribution < 1.29 is 0 Å². The van der Waals surface area contributed by atoms with E-state index < -0.39 is 0 Å². The molecule has 0 N–H and O–H groups in total. The summed E-state index contributed by atoms with van der Waals surface area (Å²) in [5.74, 6) is 0. The molecule has 1 aromatic heterocycles. The molecule has 20 heavy (non-hydrogen) atoms. The van der Waals surface area contributed by atoms with Crippen molar-refractivity contribution >= 4 is 35.1 Å². The Balaban J connectivity index is 2.09.